The first-order valence-corrected chi connectivity index (χ1v) is 11.6. The summed E-state index contributed by atoms with van der Waals surface area (Å²) in [6, 6.07) is 10.4. The monoisotopic (exact) mass is 432 g/mol. The first-order valence-electron chi connectivity index (χ1n) is 11.6. The van der Waals surface area contributed by atoms with Crippen molar-refractivity contribution in [3.05, 3.63) is 42.1 Å². The molecule has 2 saturated carbocycles. The van der Waals surface area contributed by atoms with Gasteiger partial charge >= 0.3 is 5.97 Å². The molecule has 0 spiro atoms. The predicted molar refractivity (Wildman–Crippen MR) is 122 cm³/mol. The molecule has 0 amide bonds. The van der Waals surface area contributed by atoms with E-state index in [9.17, 15) is 9.90 Å². The van der Waals surface area contributed by atoms with Crippen LogP contribution in [0.25, 0.3) is 22.4 Å². The average Bonchev–Trinajstić information content (AvgIpc) is 3.10. The fraction of sp³-hybridized carbons (Fsp3) is 0.480. The van der Waals surface area contributed by atoms with Crippen molar-refractivity contribution in [2.45, 2.75) is 44.8 Å². The molecule has 6 rings (SSSR count). The normalized spacial score (nSPS) is 27.6. The highest BCUT2D eigenvalue weighted by Gasteiger charge is 2.60. The number of benzene rings is 1. The van der Waals surface area contributed by atoms with E-state index in [0.717, 1.165) is 67.0 Å². The topological polar surface area (TPSA) is 91.3 Å². The van der Waals surface area contributed by atoms with Crippen molar-refractivity contribution < 1.29 is 14.6 Å². The molecule has 0 radical (unpaired) electrons. The highest BCUT2D eigenvalue weighted by Crippen LogP contribution is 2.58. The van der Waals surface area contributed by atoms with Crippen LogP contribution in [0.5, 0.6) is 0 Å². The lowest BCUT2D eigenvalue weighted by Crippen LogP contribution is -2.38. The summed E-state index contributed by atoms with van der Waals surface area (Å²) >= 11 is 0. The van der Waals surface area contributed by atoms with Crippen LogP contribution >= 0.6 is 0 Å². The van der Waals surface area contributed by atoms with E-state index in [4.69, 9.17) is 14.7 Å². The van der Waals surface area contributed by atoms with Gasteiger partial charge in [0, 0.05) is 24.8 Å². The van der Waals surface area contributed by atoms with E-state index in [0.29, 0.717) is 11.8 Å². The quantitative estimate of drug-likeness (QED) is 0.633. The Kier molecular flexibility index (Phi) is 4.68. The number of aromatic nitrogens is 3. The zero-order valence-electron chi connectivity index (χ0n) is 18.2. The second-order valence-corrected chi connectivity index (χ2v) is 9.62. The zero-order chi connectivity index (χ0) is 21.8. The van der Waals surface area contributed by atoms with Gasteiger partial charge in [-0.3, -0.25) is 4.79 Å². The second kappa shape index (κ2) is 7.59. The SMILES string of the molecule is Cc1ccc2[nH]c(-c3ccc(N4CCC(O[C@@H]5C[C@@H]6[C@H](C5)[C@@H]6C(=O)O)CC4)nc3)nc2c1. The van der Waals surface area contributed by atoms with Crippen molar-refractivity contribution in [1.29, 1.82) is 0 Å². The Morgan fingerprint density at radius 3 is 2.59 bits per heavy atom. The number of carbonyl (C=O) groups is 1. The Hall–Kier alpha value is -2.93. The molecule has 2 aliphatic carbocycles. The van der Waals surface area contributed by atoms with Crippen LogP contribution in [-0.2, 0) is 9.53 Å². The number of fused-ring (bicyclic) bond motifs is 2. The minimum Gasteiger partial charge on any atom is -0.481 e. The Balaban J connectivity index is 1.04. The number of hydrogen-bond acceptors (Lipinski definition) is 5. The van der Waals surface area contributed by atoms with E-state index in [-0.39, 0.29) is 18.1 Å². The number of nitrogens with one attached hydrogen (secondary N) is 1. The predicted octanol–water partition coefficient (Wildman–Crippen LogP) is 4.03. The number of anilines is 1. The Bertz CT molecular complexity index is 1140. The summed E-state index contributed by atoms with van der Waals surface area (Å²) in [5.41, 5.74) is 4.20. The Morgan fingerprint density at radius 1 is 1.12 bits per heavy atom. The number of piperidine rings is 1. The number of imidazole rings is 1. The van der Waals surface area contributed by atoms with Gasteiger partial charge in [0.15, 0.2) is 0 Å². The third-order valence-electron chi connectivity index (χ3n) is 7.50. The van der Waals surface area contributed by atoms with E-state index >= 15 is 0 Å². The first kappa shape index (κ1) is 19.7. The van der Waals surface area contributed by atoms with Gasteiger partial charge < -0.3 is 19.7 Å². The van der Waals surface area contributed by atoms with Gasteiger partial charge in [0.1, 0.15) is 11.6 Å². The highest BCUT2D eigenvalue weighted by molar-refractivity contribution is 5.80. The zero-order valence-corrected chi connectivity index (χ0v) is 18.2. The number of carboxylic acids is 1. The summed E-state index contributed by atoms with van der Waals surface area (Å²) in [5.74, 6) is 1.82. The van der Waals surface area contributed by atoms with Crippen molar-refractivity contribution in [1.82, 2.24) is 15.0 Å². The molecule has 2 aromatic heterocycles. The number of aryl methyl sites for hydroxylation is 1. The van der Waals surface area contributed by atoms with Crippen molar-refractivity contribution >= 4 is 22.8 Å². The summed E-state index contributed by atoms with van der Waals surface area (Å²) in [4.78, 5) is 26.3. The summed E-state index contributed by atoms with van der Waals surface area (Å²) < 4.78 is 6.33. The molecule has 7 heteroatoms. The molecule has 3 heterocycles. The molecule has 2 N–H and O–H groups in total. The Labute approximate surface area is 186 Å². The van der Waals surface area contributed by atoms with Gasteiger partial charge in [0.25, 0.3) is 0 Å². The molecule has 1 aliphatic heterocycles. The summed E-state index contributed by atoms with van der Waals surface area (Å²) in [7, 11) is 0. The molecule has 7 nitrogen and oxygen atoms in total. The third kappa shape index (κ3) is 3.54. The number of nitrogens with zero attached hydrogens (tertiary/aromatic N) is 3. The van der Waals surface area contributed by atoms with Crippen molar-refractivity contribution in [3.8, 4) is 11.4 Å². The lowest BCUT2D eigenvalue weighted by molar-refractivity contribution is -0.139. The number of hydrogen-bond donors (Lipinski definition) is 2. The van der Waals surface area contributed by atoms with Crippen LogP contribution < -0.4 is 4.90 Å². The van der Waals surface area contributed by atoms with E-state index in [1.807, 2.05) is 6.20 Å². The molecule has 0 unspecified atom stereocenters. The molecule has 3 aliphatic rings. The first-order chi connectivity index (χ1) is 15.5. The number of carboxylic acid groups (broad SMARTS) is 1. The van der Waals surface area contributed by atoms with E-state index in [2.05, 4.69) is 47.1 Å². The summed E-state index contributed by atoms with van der Waals surface area (Å²) in [6.07, 6.45) is 6.24. The maximum atomic E-state index is 11.1. The summed E-state index contributed by atoms with van der Waals surface area (Å²) in [5, 5.41) is 9.17. The van der Waals surface area contributed by atoms with Crippen LogP contribution in [0.3, 0.4) is 0 Å². The molecule has 1 saturated heterocycles. The van der Waals surface area contributed by atoms with Crippen LogP contribution in [0, 0.1) is 24.7 Å². The lowest BCUT2D eigenvalue weighted by Gasteiger charge is -2.34. The maximum Gasteiger partial charge on any atom is 0.307 e. The van der Waals surface area contributed by atoms with Gasteiger partial charge in [-0.2, -0.15) is 0 Å². The van der Waals surface area contributed by atoms with Gasteiger partial charge in [-0.05, 0) is 74.3 Å². The van der Waals surface area contributed by atoms with Crippen LogP contribution in [0.15, 0.2) is 36.5 Å². The third-order valence-corrected chi connectivity index (χ3v) is 7.50. The molecule has 3 fully saturated rings. The fourth-order valence-corrected chi connectivity index (χ4v) is 5.73. The highest BCUT2D eigenvalue weighted by atomic mass is 16.5. The molecule has 4 atom stereocenters. The van der Waals surface area contributed by atoms with Gasteiger partial charge in [-0.1, -0.05) is 6.07 Å². The number of aromatic amines is 1. The number of pyridine rings is 1. The minimum absolute atomic E-state index is 0.102. The smallest absolute Gasteiger partial charge is 0.307 e. The van der Waals surface area contributed by atoms with Crippen molar-refractivity contribution in [3.63, 3.8) is 0 Å². The molecule has 3 aromatic rings. The van der Waals surface area contributed by atoms with E-state index < -0.39 is 5.97 Å². The molecular formula is C25H28N4O3. The average molecular weight is 433 g/mol. The van der Waals surface area contributed by atoms with Crippen molar-refractivity contribution in [2.75, 3.05) is 18.0 Å². The number of H-pyrrole nitrogens is 1. The number of rotatable bonds is 5. The maximum absolute atomic E-state index is 11.1. The van der Waals surface area contributed by atoms with Gasteiger partial charge in [0.05, 0.1) is 29.2 Å². The van der Waals surface area contributed by atoms with Crippen molar-refractivity contribution in [2.24, 2.45) is 17.8 Å². The van der Waals surface area contributed by atoms with Crippen LogP contribution in [0.2, 0.25) is 0 Å². The summed E-state index contributed by atoms with van der Waals surface area (Å²) in [6.45, 7) is 3.93. The second-order valence-electron chi connectivity index (χ2n) is 9.62. The largest absolute Gasteiger partial charge is 0.481 e. The van der Waals surface area contributed by atoms with E-state index in [1.165, 1.54) is 5.56 Å². The molecule has 1 aromatic carbocycles. The van der Waals surface area contributed by atoms with Gasteiger partial charge in [0.2, 0.25) is 0 Å². The molecule has 0 bridgehead atoms. The molecular weight excluding hydrogens is 404 g/mol. The standard InChI is InChI=1S/C25H28N4O3/c1-14-2-4-20-21(10-14)28-24(27-20)15-3-5-22(26-13-15)29-8-6-16(7-9-29)32-17-11-18-19(12-17)23(18)25(30)31/h2-5,10,13,16-19,23H,6-9,11-12H2,1H3,(H,27,28)(H,30,31)/t17-,18-,19+,23-. The van der Waals surface area contributed by atoms with Gasteiger partial charge in [-0.15, -0.1) is 0 Å². The molecule has 166 valence electrons. The van der Waals surface area contributed by atoms with E-state index in [1.54, 1.807) is 0 Å². The van der Waals surface area contributed by atoms with Crippen LogP contribution in [0.4, 0.5) is 5.82 Å². The van der Waals surface area contributed by atoms with Crippen LogP contribution in [0.1, 0.15) is 31.2 Å². The number of ether oxygens (including phenoxy) is 1. The molecule has 32 heavy (non-hydrogen) atoms. The minimum atomic E-state index is -0.624. The fourth-order valence-electron chi connectivity index (χ4n) is 5.73. The van der Waals surface area contributed by atoms with Gasteiger partial charge in [-0.25, -0.2) is 9.97 Å². The Morgan fingerprint density at radius 2 is 1.91 bits per heavy atom. The van der Waals surface area contributed by atoms with Crippen LogP contribution in [-0.4, -0.2) is 51.3 Å². The number of aliphatic carboxylic acids is 1. The lowest BCUT2D eigenvalue weighted by atomic mass is 10.1.